The molecule has 2 aliphatic heterocycles. The number of alkyl halides is 3. The quantitative estimate of drug-likeness (QED) is 0.662. The number of halogens is 3. The SMILES string of the molecule is FC(F)(F)Oc1ccccc1C1CCC(CC2(c3ccccn3)C=NC=CC2)O1. The number of allylic oxidation sites excluding steroid dienone is 1. The Kier molecular flexibility index (Phi) is 5.41. The van der Waals surface area contributed by atoms with E-state index in [0.717, 1.165) is 18.5 Å². The van der Waals surface area contributed by atoms with Gasteiger partial charge in [-0.1, -0.05) is 30.3 Å². The van der Waals surface area contributed by atoms with E-state index < -0.39 is 12.5 Å². The van der Waals surface area contributed by atoms with Crippen molar-refractivity contribution in [2.45, 2.75) is 49.7 Å². The number of ether oxygens (including phenoxy) is 2. The molecule has 29 heavy (non-hydrogen) atoms. The van der Waals surface area contributed by atoms with Crippen molar-refractivity contribution >= 4 is 6.21 Å². The third-order valence-electron chi connectivity index (χ3n) is 5.36. The number of nitrogens with zero attached hydrogens (tertiary/aromatic N) is 2. The molecule has 4 nitrogen and oxygen atoms in total. The molecule has 0 aliphatic carbocycles. The van der Waals surface area contributed by atoms with Crippen LogP contribution < -0.4 is 4.74 Å². The van der Waals surface area contributed by atoms with Crippen molar-refractivity contribution in [3.05, 3.63) is 72.2 Å². The third-order valence-corrected chi connectivity index (χ3v) is 5.36. The first-order valence-corrected chi connectivity index (χ1v) is 9.56. The fraction of sp³-hybridized carbons (Fsp3) is 0.364. The topological polar surface area (TPSA) is 43.7 Å². The number of hydrogen-bond acceptors (Lipinski definition) is 4. The lowest BCUT2D eigenvalue weighted by atomic mass is 9.76. The van der Waals surface area contributed by atoms with Crippen LogP contribution in [0.15, 0.2) is 65.9 Å². The first kappa shape index (κ1) is 19.6. The maximum atomic E-state index is 12.7. The molecule has 0 radical (unpaired) electrons. The molecule has 1 aromatic heterocycles. The van der Waals surface area contributed by atoms with Gasteiger partial charge in [0.1, 0.15) is 5.75 Å². The molecule has 7 heteroatoms. The van der Waals surface area contributed by atoms with Crippen LogP contribution in [0.1, 0.15) is 43.0 Å². The minimum atomic E-state index is -4.73. The summed E-state index contributed by atoms with van der Waals surface area (Å²) < 4.78 is 48.6. The van der Waals surface area contributed by atoms with Crippen LogP contribution in [0.5, 0.6) is 5.75 Å². The Labute approximate surface area is 167 Å². The molecule has 2 aromatic rings. The second kappa shape index (κ2) is 7.99. The van der Waals surface area contributed by atoms with Gasteiger partial charge >= 0.3 is 6.36 Å². The van der Waals surface area contributed by atoms with Crippen molar-refractivity contribution in [1.82, 2.24) is 4.98 Å². The molecule has 3 atom stereocenters. The lowest BCUT2D eigenvalue weighted by Crippen LogP contribution is -2.34. The molecular weight excluding hydrogens is 381 g/mol. The summed E-state index contributed by atoms with van der Waals surface area (Å²) in [5.41, 5.74) is 0.967. The number of aromatic nitrogens is 1. The number of para-hydroxylation sites is 1. The van der Waals surface area contributed by atoms with Crippen molar-refractivity contribution in [2.75, 3.05) is 0 Å². The minimum absolute atomic E-state index is 0.112. The molecule has 2 aliphatic rings. The molecule has 4 rings (SSSR count). The van der Waals surface area contributed by atoms with Gasteiger partial charge in [-0.15, -0.1) is 13.2 Å². The Hall–Kier alpha value is -2.67. The highest BCUT2D eigenvalue weighted by atomic mass is 19.4. The highest BCUT2D eigenvalue weighted by molar-refractivity contribution is 5.75. The van der Waals surface area contributed by atoms with Crippen molar-refractivity contribution in [1.29, 1.82) is 0 Å². The van der Waals surface area contributed by atoms with Crippen molar-refractivity contribution in [3.8, 4) is 5.75 Å². The molecule has 0 amide bonds. The second-order valence-corrected chi connectivity index (χ2v) is 7.35. The second-order valence-electron chi connectivity index (χ2n) is 7.35. The first-order chi connectivity index (χ1) is 14.0. The van der Waals surface area contributed by atoms with Gasteiger partial charge in [-0.05, 0) is 43.9 Å². The van der Waals surface area contributed by atoms with Gasteiger partial charge in [0.2, 0.25) is 0 Å². The summed E-state index contributed by atoms with van der Waals surface area (Å²) in [6.45, 7) is 0. The van der Waals surface area contributed by atoms with Gasteiger partial charge in [-0.3, -0.25) is 9.98 Å². The molecule has 1 aromatic carbocycles. The van der Waals surface area contributed by atoms with E-state index in [1.54, 1.807) is 24.5 Å². The van der Waals surface area contributed by atoms with Gasteiger partial charge in [0, 0.05) is 24.2 Å². The van der Waals surface area contributed by atoms with E-state index in [1.807, 2.05) is 30.5 Å². The summed E-state index contributed by atoms with van der Waals surface area (Å²) in [5, 5.41) is 0. The van der Waals surface area contributed by atoms with Gasteiger partial charge in [0.15, 0.2) is 0 Å². The van der Waals surface area contributed by atoms with Crippen LogP contribution in [0, 0.1) is 0 Å². The Bertz CT molecular complexity index is 898. The number of benzene rings is 1. The van der Waals surface area contributed by atoms with Crippen molar-refractivity contribution < 1.29 is 22.6 Å². The lowest BCUT2D eigenvalue weighted by Gasteiger charge is -2.32. The molecular formula is C22H21F3N2O2. The van der Waals surface area contributed by atoms with Gasteiger partial charge in [0.05, 0.1) is 23.3 Å². The van der Waals surface area contributed by atoms with Gasteiger partial charge in [-0.25, -0.2) is 0 Å². The zero-order valence-corrected chi connectivity index (χ0v) is 15.7. The Morgan fingerprint density at radius 2 is 1.93 bits per heavy atom. The van der Waals surface area contributed by atoms with E-state index in [-0.39, 0.29) is 17.3 Å². The molecule has 0 N–H and O–H groups in total. The van der Waals surface area contributed by atoms with Gasteiger partial charge in [0.25, 0.3) is 0 Å². The predicted octanol–water partition coefficient (Wildman–Crippen LogP) is 5.52. The highest BCUT2D eigenvalue weighted by Crippen LogP contribution is 2.43. The Balaban J connectivity index is 1.52. The zero-order chi connectivity index (χ0) is 20.3. The van der Waals surface area contributed by atoms with Crippen LogP contribution in [0.3, 0.4) is 0 Å². The van der Waals surface area contributed by atoms with Crippen LogP contribution in [-0.2, 0) is 10.2 Å². The molecule has 3 heterocycles. The fourth-order valence-corrected chi connectivity index (χ4v) is 4.09. The van der Waals surface area contributed by atoms with E-state index in [4.69, 9.17) is 4.74 Å². The average Bonchev–Trinajstić information content (AvgIpc) is 3.16. The number of aliphatic imine (C=N–C) groups is 1. The monoisotopic (exact) mass is 402 g/mol. The molecule has 0 spiro atoms. The highest BCUT2D eigenvalue weighted by Gasteiger charge is 2.39. The van der Waals surface area contributed by atoms with Crippen LogP contribution in [0.2, 0.25) is 0 Å². The van der Waals surface area contributed by atoms with E-state index in [0.29, 0.717) is 18.4 Å². The molecule has 0 bridgehead atoms. The summed E-state index contributed by atoms with van der Waals surface area (Å²) in [5.74, 6) is -0.202. The standard InChI is InChI=1S/C22H21F3N2O2/c23-22(24,25)29-19-7-2-1-6-17(19)18-10-9-16(28-18)14-21(11-5-12-26-15-21)20-8-3-4-13-27-20/h1-8,12-13,15-16,18H,9-11,14H2. The predicted molar refractivity (Wildman–Crippen MR) is 103 cm³/mol. The van der Waals surface area contributed by atoms with E-state index in [9.17, 15) is 13.2 Å². The normalized spacial score (nSPS) is 26.6. The maximum absolute atomic E-state index is 12.7. The number of hydrogen-bond donors (Lipinski definition) is 0. The van der Waals surface area contributed by atoms with Crippen LogP contribution in [0.4, 0.5) is 13.2 Å². The largest absolute Gasteiger partial charge is 0.573 e. The van der Waals surface area contributed by atoms with Crippen LogP contribution >= 0.6 is 0 Å². The summed E-state index contributed by atoms with van der Waals surface area (Å²) >= 11 is 0. The zero-order valence-electron chi connectivity index (χ0n) is 15.7. The molecule has 3 unspecified atom stereocenters. The van der Waals surface area contributed by atoms with E-state index in [2.05, 4.69) is 14.7 Å². The minimum Gasteiger partial charge on any atom is -0.405 e. The van der Waals surface area contributed by atoms with Gasteiger partial charge < -0.3 is 9.47 Å². The summed E-state index contributed by atoms with van der Waals surface area (Å²) in [6.07, 6.45) is 4.96. The number of rotatable bonds is 5. The van der Waals surface area contributed by atoms with Crippen LogP contribution in [0.25, 0.3) is 0 Å². The molecule has 152 valence electrons. The van der Waals surface area contributed by atoms with Crippen LogP contribution in [-0.4, -0.2) is 23.7 Å². The average molecular weight is 402 g/mol. The van der Waals surface area contributed by atoms with E-state index in [1.165, 1.54) is 12.1 Å². The molecule has 0 saturated carbocycles. The number of pyridine rings is 1. The summed E-state index contributed by atoms with van der Waals surface area (Å²) in [7, 11) is 0. The molecule has 1 saturated heterocycles. The third kappa shape index (κ3) is 4.50. The molecule has 1 fully saturated rings. The smallest absolute Gasteiger partial charge is 0.405 e. The first-order valence-electron chi connectivity index (χ1n) is 9.56. The Morgan fingerprint density at radius 3 is 2.66 bits per heavy atom. The van der Waals surface area contributed by atoms with E-state index >= 15 is 0 Å². The Morgan fingerprint density at radius 1 is 1.10 bits per heavy atom. The van der Waals surface area contributed by atoms with Crippen molar-refractivity contribution in [2.24, 2.45) is 4.99 Å². The van der Waals surface area contributed by atoms with Gasteiger partial charge in [-0.2, -0.15) is 0 Å². The maximum Gasteiger partial charge on any atom is 0.573 e. The summed E-state index contributed by atoms with van der Waals surface area (Å²) in [4.78, 5) is 8.86. The summed E-state index contributed by atoms with van der Waals surface area (Å²) in [6, 6.07) is 12.0. The lowest BCUT2D eigenvalue weighted by molar-refractivity contribution is -0.275. The fourth-order valence-electron chi connectivity index (χ4n) is 4.09. The van der Waals surface area contributed by atoms with Crippen molar-refractivity contribution in [3.63, 3.8) is 0 Å².